The Morgan fingerprint density at radius 1 is 1.28 bits per heavy atom. The molecule has 1 saturated carbocycles. The summed E-state index contributed by atoms with van der Waals surface area (Å²) in [6.45, 7) is 6.73. The molecular formula is C20H26N4O. The number of nitrogens with zero attached hydrogens (tertiary/aromatic N) is 4. The number of rotatable bonds is 2. The summed E-state index contributed by atoms with van der Waals surface area (Å²) in [6.07, 6.45) is 6.26. The highest BCUT2D eigenvalue weighted by Crippen LogP contribution is 2.43. The van der Waals surface area contributed by atoms with E-state index in [1.807, 2.05) is 19.9 Å². The Morgan fingerprint density at radius 3 is 2.80 bits per heavy atom. The molecule has 0 bridgehead atoms. The van der Waals surface area contributed by atoms with E-state index in [1.165, 1.54) is 19.3 Å². The molecule has 1 aromatic rings. The average Bonchev–Trinajstić information content (AvgIpc) is 3.42. The van der Waals surface area contributed by atoms with Crippen LogP contribution in [0.15, 0.2) is 6.07 Å². The molecule has 3 fully saturated rings. The first-order valence-electron chi connectivity index (χ1n) is 9.44. The fourth-order valence-corrected chi connectivity index (χ4v) is 4.67. The van der Waals surface area contributed by atoms with Crippen LogP contribution < -0.4 is 4.90 Å². The Morgan fingerprint density at radius 2 is 2.08 bits per heavy atom. The normalized spacial score (nSPS) is 26.8. The van der Waals surface area contributed by atoms with Gasteiger partial charge in [0.25, 0.3) is 0 Å². The lowest BCUT2D eigenvalue weighted by Crippen LogP contribution is -2.55. The minimum Gasteiger partial charge on any atom is -0.355 e. The van der Waals surface area contributed by atoms with Crippen LogP contribution in [0.1, 0.15) is 55.3 Å². The van der Waals surface area contributed by atoms with Gasteiger partial charge in [-0.1, -0.05) is 0 Å². The quantitative estimate of drug-likeness (QED) is 0.832. The third kappa shape index (κ3) is 2.99. The molecule has 1 aromatic heterocycles. The summed E-state index contributed by atoms with van der Waals surface area (Å²) < 4.78 is 0. The highest BCUT2D eigenvalue weighted by molar-refractivity contribution is 5.78. The van der Waals surface area contributed by atoms with Gasteiger partial charge in [0.15, 0.2) is 0 Å². The van der Waals surface area contributed by atoms with Crippen molar-refractivity contribution in [1.82, 2.24) is 9.88 Å². The Labute approximate surface area is 149 Å². The lowest BCUT2D eigenvalue weighted by atomic mass is 9.73. The van der Waals surface area contributed by atoms with E-state index < -0.39 is 0 Å². The second kappa shape index (κ2) is 6.01. The van der Waals surface area contributed by atoms with E-state index in [0.717, 1.165) is 49.6 Å². The number of amides is 1. The van der Waals surface area contributed by atoms with Crippen molar-refractivity contribution < 1.29 is 4.79 Å². The molecule has 0 N–H and O–H groups in total. The molecule has 0 unspecified atom stereocenters. The fourth-order valence-electron chi connectivity index (χ4n) is 4.67. The first kappa shape index (κ1) is 16.4. The van der Waals surface area contributed by atoms with E-state index in [4.69, 9.17) is 4.98 Å². The van der Waals surface area contributed by atoms with Gasteiger partial charge in [0.2, 0.25) is 5.91 Å². The van der Waals surface area contributed by atoms with Gasteiger partial charge in [-0.3, -0.25) is 4.79 Å². The van der Waals surface area contributed by atoms with E-state index in [0.29, 0.717) is 23.9 Å². The van der Waals surface area contributed by atoms with Crippen LogP contribution in [-0.4, -0.2) is 41.5 Å². The second-order valence-electron chi connectivity index (χ2n) is 8.17. The van der Waals surface area contributed by atoms with Crippen molar-refractivity contribution >= 4 is 11.7 Å². The van der Waals surface area contributed by atoms with Gasteiger partial charge < -0.3 is 9.80 Å². The lowest BCUT2D eigenvalue weighted by molar-refractivity contribution is -0.138. The summed E-state index contributed by atoms with van der Waals surface area (Å²) in [4.78, 5) is 21.5. The van der Waals surface area contributed by atoms with E-state index in [9.17, 15) is 10.1 Å². The van der Waals surface area contributed by atoms with Crippen LogP contribution in [0.2, 0.25) is 0 Å². The molecule has 0 radical (unpaired) electrons. The van der Waals surface area contributed by atoms with Gasteiger partial charge in [-0.2, -0.15) is 5.26 Å². The maximum Gasteiger partial charge on any atom is 0.222 e. The summed E-state index contributed by atoms with van der Waals surface area (Å²) in [5.41, 5.74) is 2.84. The third-order valence-corrected chi connectivity index (χ3v) is 6.08. The van der Waals surface area contributed by atoms with Crippen molar-refractivity contribution in [2.75, 3.05) is 24.5 Å². The van der Waals surface area contributed by atoms with Gasteiger partial charge in [0.1, 0.15) is 11.9 Å². The smallest absolute Gasteiger partial charge is 0.222 e. The van der Waals surface area contributed by atoms with Crippen LogP contribution >= 0.6 is 0 Å². The van der Waals surface area contributed by atoms with Gasteiger partial charge >= 0.3 is 0 Å². The van der Waals surface area contributed by atoms with Gasteiger partial charge in [0, 0.05) is 43.2 Å². The lowest BCUT2D eigenvalue weighted by Gasteiger charge is -2.49. The van der Waals surface area contributed by atoms with Crippen LogP contribution in [0.25, 0.3) is 0 Å². The van der Waals surface area contributed by atoms with Crippen molar-refractivity contribution in [2.45, 2.75) is 58.4 Å². The average molecular weight is 338 g/mol. The Balaban J connectivity index is 1.61. The maximum absolute atomic E-state index is 12.3. The number of aromatic nitrogens is 1. The minimum absolute atomic E-state index is 0.167. The van der Waals surface area contributed by atoms with Gasteiger partial charge in [-0.05, 0) is 57.6 Å². The monoisotopic (exact) mass is 338 g/mol. The number of likely N-dealkylation sites (tertiary alicyclic amines) is 1. The highest BCUT2D eigenvalue weighted by Gasteiger charge is 2.46. The first-order chi connectivity index (χ1) is 12.0. The predicted octanol–water partition coefficient (Wildman–Crippen LogP) is 2.94. The van der Waals surface area contributed by atoms with E-state index in [1.54, 1.807) is 0 Å². The fraction of sp³-hybridized carbons (Fsp3) is 0.650. The summed E-state index contributed by atoms with van der Waals surface area (Å²) in [5.74, 6) is 1.18. The zero-order valence-corrected chi connectivity index (χ0v) is 15.2. The van der Waals surface area contributed by atoms with Crippen molar-refractivity contribution in [3.63, 3.8) is 0 Å². The SMILES string of the molecule is Cc1cc(C)c(C#N)c(N2CCC[C@]3(CCC(=O)N(C4CC4)C3)C2)n1. The van der Waals surface area contributed by atoms with E-state index in [2.05, 4.69) is 15.9 Å². The van der Waals surface area contributed by atoms with Gasteiger partial charge in [0.05, 0.1) is 5.56 Å². The first-order valence-corrected chi connectivity index (χ1v) is 9.44. The number of hydrogen-bond donors (Lipinski definition) is 0. The van der Waals surface area contributed by atoms with Crippen molar-refractivity contribution in [2.24, 2.45) is 5.41 Å². The predicted molar refractivity (Wildman–Crippen MR) is 96.3 cm³/mol. The molecule has 1 aliphatic carbocycles. The number of carbonyl (C=O) groups is 1. The van der Waals surface area contributed by atoms with Gasteiger partial charge in [-0.25, -0.2) is 4.98 Å². The maximum atomic E-state index is 12.3. The van der Waals surface area contributed by atoms with Crippen LogP contribution in [0.3, 0.4) is 0 Å². The molecule has 132 valence electrons. The minimum atomic E-state index is 0.167. The summed E-state index contributed by atoms with van der Waals surface area (Å²) >= 11 is 0. The number of hydrogen-bond acceptors (Lipinski definition) is 4. The molecule has 2 saturated heterocycles. The molecule has 4 rings (SSSR count). The molecule has 2 aliphatic heterocycles. The molecule has 1 amide bonds. The zero-order valence-electron chi connectivity index (χ0n) is 15.2. The molecule has 5 heteroatoms. The molecular weight excluding hydrogens is 312 g/mol. The molecule has 0 aromatic carbocycles. The molecule has 25 heavy (non-hydrogen) atoms. The number of anilines is 1. The number of carbonyl (C=O) groups excluding carboxylic acids is 1. The van der Waals surface area contributed by atoms with Crippen molar-refractivity contribution in [3.8, 4) is 6.07 Å². The van der Waals surface area contributed by atoms with E-state index in [-0.39, 0.29) is 5.41 Å². The Hall–Kier alpha value is -2.09. The summed E-state index contributed by atoms with van der Waals surface area (Å²) in [7, 11) is 0. The standard InChI is InChI=1S/C20H26N4O/c1-14-10-15(2)22-19(17(14)11-21)23-9-3-7-20(12-23)8-6-18(25)24(13-20)16-4-5-16/h10,16H,3-9,12-13H2,1-2H3/t20-/m0/s1. The molecule has 5 nitrogen and oxygen atoms in total. The van der Waals surface area contributed by atoms with Crippen LogP contribution in [-0.2, 0) is 4.79 Å². The molecule has 1 atom stereocenters. The molecule has 3 heterocycles. The van der Waals surface area contributed by atoms with E-state index >= 15 is 0 Å². The topological polar surface area (TPSA) is 60.2 Å². The Bertz CT molecular complexity index is 749. The second-order valence-corrected chi connectivity index (χ2v) is 8.17. The third-order valence-electron chi connectivity index (χ3n) is 6.08. The number of aryl methyl sites for hydroxylation is 2. The number of nitriles is 1. The molecule has 3 aliphatic rings. The summed E-state index contributed by atoms with van der Waals surface area (Å²) in [5, 5.41) is 9.61. The van der Waals surface area contributed by atoms with Crippen LogP contribution in [0.4, 0.5) is 5.82 Å². The summed E-state index contributed by atoms with van der Waals surface area (Å²) in [6, 6.07) is 4.83. The highest BCUT2D eigenvalue weighted by atomic mass is 16.2. The largest absolute Gasteiger partial charge is 0.355 e. The molecule has 1 spiro atoms. The number of pyridine rings is 1. The van der Waals surface area contributed by atoms with Gasteiger partial charge in [-0.15, -0.1) is 0 Å². The zero-order chi connectivity index (χ0) is 17.6. The number of piperidine rings is 2. The van der Waals surface area contributed by atoms with Crippen molar-refractivity contribution in [3.05, 3.63) is 22.9 Å². The van der Waals surface area contributed by atoms with Crippen LogP contribution in [0, 0.1) is 30.6 Å². The van der Waals surface area contributed by atoms with Crippen LogP contribution in [0.5, 0.6) is 0 Å². The Kier molecular flexibility index (Phi) is 3.94. The van der Waals surface area contributed by atoms with Crippen molar-refractivity contribution in [1.29, 1.82) is 5.26 Å².